The Balaban J connectivity index is 2.03. The van der Waals surface area contributed by atoms with E-state index in [1.54, 1.807) is 21.7 Å². The Morgan fingerprint density at radius 3 is 2.95 bits per heavy atom. The van der Waals surface area contributed by atoms with Gasteiger partial charge in [0.05, 0.1) is 5.69 Å². The van der Waals surface area contributed by atoms with Crippen LogP contribution < -0.4 is 0 Å². The lowest BCUT2D eigenvalue weighted by molar-refractivity contribution is -0.125. The van der Waals surface area contributed by atoms with Crippen LogP contribution in [-0.2, 0) is 11.3 Å². The molecule has 1 N–H and O–H groups in total. The van der Waals surface area contributed by atoms with E-state index in [0.29, 0.717) is 18.2 Å². The number of carbonyl (C=O) groups excluding carboxylic acids is 1. The second-order valence-corrected chi connectivity index (χ2v) is 6.18. The van der Waals surface area contributed by atoms with Crippen molar-refractivity contribution >= 4 is 23.6 Å². The zero-order valence-corrected chi connectivity index (χ0v) is 14.0. The highest BCUT2D eigenvalue weighted by atomic mass is 35.5. The van der Waals surface area contributed by atoms with Crippen LogP contribution in [0.15, 0.2) is 6.08 Å². The first-order valence-electron chi connectivity index (χ1n) is 7.87. The highest BCUT2D eigenvalue weighted by molar-refractivity contribution is 6.31. The van der Waals surface area contributed by atoms with Gasteiger partial charge in [0.15, 0.2) is 0 Å². The van der Waals surface area contributed by atoms with Crippen molar-refractivity contribution in [1.82, 2.24) is 14.7 Å². The van der Waals surface area contributed by atoms with Gasteiger partial charge in [0, 0.05) is 43.8 Å². The number of amides is 1. The average Bonchev–Trinajstić information content (AvgIpc) is 3.09. The van der Waals surface area contributed by atoms with Gasteiger partial charge in [0.1, 0.15) is 5.15 Å². The van der Waals surface area contributed by atoms with E-state index in [-0.39, 0.29) is 18.4 Å². The van der Waals surface area contributed by atoms with Gasteiger partial charge in [-0.15, -0.1) is 0 Å². The van der Waals surface area contributed by atoms with E-state index in [4.69, 9.17) is 16.7 Å². The Hall–Kier alpha value is -1.33. The van der Waals surface area contributed by atoms with Crippen LogP contribution in [0.1, 0.15) is 37.4 Å². The fourth-order valence-corrected chi connectivity index (χ4v) is 2.98. The Kier molecular flexibility index (Phi) is 6.03. The summed E-state index contributed by atoms with van der Waals surface area (Å²) in [4.78, 5) is 13.9. The van der Waals surface area contributed by atoms with Gasteiger partial charge in [-0.25, -0.2) is 0 Å². The third-order valence-corrected chi connectivity index (χ3v) is 4.48. The van der Waals surface area contributed by atoms with Gasteiger partial charge in [0.2, 0.25) is 5.91 Å². The van der Waals surface area contributed by atoms with Crippen LogP contribution in [-0.4, -0.2) is 45.4 Å². The number of likely N-dealkylation sites (tertiary alicyclic amines) is 1. The van der Waals surface area contributed by atoms with Crippen LogP contribution in [0.3, 0.4) is 0 Å². The summed E-state index contributed by atoms with van der Waals surface area (Å²) in [6.45, 7) is 6.29. The van der Waals surface area contributed by atoms with Gasteiger partial charge in [-0.2, -0.15) is 5.10 Å². The third kappa shape index (κ3) is 3.90. The molecule has 1 unspecified atom stereocenters. The molecule has 1 saturated heterocycles. The summed E-state index contributed by atoms with van der Waals surface area (Å²) in [6.07, 6.45) is 6.28. The summed E-state index contributed by atoms with van der Waals surface area (Å²) in [6, 6.07) is 0. The fraction of sp³-hybridized carbons (Fsp3) is 0.625. The molecule has 0 saturated carbocycles. The van der Waals surface area contributed by atoms with E-state index in [1.165, 1.54) is 0 Å². The Labute approximate surface area is 136 Å². The molecule has 2 rings (SSSR count). The number of nitrogens with zero attached hydrogens (tertiary/aromatic N) is 3. The van der Waals surface area contributed by atoms with Crippen molar-refractivity contribution in [3.05, 3.63) is 22.5 Å². The number of hydrogen-bond acceptors (Lipinski definition) is 3. The molecule has 0 spiro atoms. The highest BCUT2D eigenvalue weighted by Crippen LogP contribution is 2.22. The van der Waals surface area contributed by atoms with E-state index >= 15 is 0 Å². The van der Waals surface area contributed by atoms with Crippen LogP contribution in [0.5, 0.6) is 0 Å². The maximum atomic E-state index is 12.2. The Morgan fingerprint density at radius 2 is 2.32 bits per heavy atom. The van der Waals surface area contributed by atoms with E-state index in [9.17, 15) is 4.79 Å². The summed E-state index contributed by atoms with van der Waals surface area (Å²) in [5.74, 6) is 0.173. The fourth-order valence-electron chi connectivity index (χ4n) is 2.65. The van der Waals surface area contributed by atoms with Crippen molar-refractivity contribution in [2.24, 2.45) is 5.92 Å². The zero-order chi connectivity index (χ0) is 16.1. The minimum absolute atomic E-state index is 0.0345. The van der Waals surface area contributed by atoms with E-state index in [1.807, 2.05) is 6.92 Å². The number of carbonyl (C=O) groups is 1. The van der Waals surface area contributed by atoms with Gasteiger partial charge in [-0.05, 0) is 25.8 Å². The SMILES string of the molecule is CCCCn1nc(C)c(/C=C/C(=O)N2CCC(CO)C2)c1Cl. The van der Waals surface area contributed by atoms with Gasteiger partial charge in [-0.1, -0.05) is 24.9 Å². The molecule has 1 aromatic heterocycles. The van der Waals surface area contributed by atoms with Crippen LogP contribution in [0.2, 0.25) is 5.15 Å². The molecule has 1 fully saturated rings. The number of hydrogen-bond donors (Lipinski definition) is 1. The molecular formula is C16H24ClN3O2. The van der Waals surface area contributed by atoms with E-state index < -0.39 is 0 Å². The van der Waals surface area contributed by atoms with E-state index in [0.717, 1.165) is 37.1 Å². The smallest absolute Gasteiger partial charge is 0.246 e. The predicted molar refractivity (Wildman–Crippen MR) is 87.7 cm³/mol. The van der Waals surface area contributed by atoms with Gasteiger partial charge in [0.25, 0.3) is 0 Å². The van der Waals surface area contributed by atoms with Crippen LogP contribution >= 0.6 is 11.6 Å². The third-order valence-electron chi connectivity index (χ3n) is 4.08. The second kappa shape index (κ2) is 7.79. The van der Waals surface area contributed by atoms with Crippen LogP contribution in [0.25, 0.3) is 6.08 Å². The molecule has 6 heteroatoms. The second-order valence-electron chi connectivity index (χ2n) is 5.82. The first kappa shape index (κ1) is 17.0. The number of aryl methyl sites for hydroxylation is 2. The van der Waals surface area contributed by atoms with Gasteiger partial charge in [-0.3, -0.25) is 9.48 Å². The molecule has 0 radical (unpaired) electrons. The topological polar surface area (TPSA) is 58.4 Å². The lowest BCUT2D eigenvalue weighted by Crippen LogP contribution is -2.27. The molecule has 5 nitrogen and oxygen atoms in total. The molecule has 1 amide bonds. The lowest BCUT2D eigenvalue weighted by atomic mass is 10.1. The first-order valence-corrected chi connectivity index (χ1v) is 8.25. The van der Waals surface area contributed by atoms with Crippen molar-refractivity contribution in [3.63, 3.8) is 0 Å². The summed E-state index contributed by atoms with van der Waals surface area (Å²) in [7, 11) is 0. The number of rotatable bonds is 6. The van der Waals surface area contributed by atoms with Crippen molar-refractivity contribution in [2.75, 3.05) is 19.7 Å². The monoisotopic (exact) mass is 325 g/mol. The standard InChI is InChI=1S/C16H24ClN3O2/c1-3-4-8-20-16(17)14(12(2)18-20)5-6-15(22)19-9-7-13(10-19)11-21/h5-6,13,21H,3-4,7-11H2,1-2H3/b6-5+. The highest BCUT2D eigenvalue weighted by Gasteiger charge is 2.24. The minimum Gasteiger partial charge on any atom is -0.396 e. The maximum Gasteiger partial charge on any atom is 0.246 e. The number of halogens is 1. The molecule has 0 bridgehead atoms. The van der Waals surface area contributed by atoms with Crippen LogP contribution in [0.4, 0.5) is 0 Å². The Morgan fingerprint density at radius 1 is 1.55 bits per heavy atom. The molecule has 22 heavy (non-hydrogen) atoms. The molecule has 1 aliphatic heterocycles. The quantitative estimate of drug-likeness (QED) is 0.818. The molecule has 1 atom stereocenters. The number of unbranched alkanes of at least 4 members (excludes halogenated alkanes) is 1. The minimum atomic E-state index is -0.0345. The van der Waals surface area contributed by atoms with Crippen molar-refractivity contribution < 1.29 is 9.90 Å². The average molecular weight is 326 g/mol. The molecule has 1 aromatic rings. The van der Waals surface area contributed by atoms with E-state index in [2.05, 4.69) is 12.0 Å². The number of aliphatic hydroxyl groups excluding tert-OH is 1. The van der Waals surface area contributed by atoms with Crippen molar-refractivity contribution in [2.45, 2.75) is 39.7 Å². The van der Waals surface area contributed by atoms with Crippen molar-refractivity contribution in [3.8, 4) is 0 Å². The molecular weight excluding hydrogens is 302 g/mol. The van der Waals surface area contributed by atoms with Crippen molar-refractivity contribution in [1.29, 1.82) is 0 Å². The van der Waals surface area contributed by atoms with Gasteiger partial charge >= 0.3 is 0 Å². The summed E-state index contributed by atoms with van der Waals surface area (Å²) < 4.78 is 1.79. The summed E-state index contributed by atoms with van der Waals surface area (Å²) in [5.41, 5.74) is 1.64. The summed E-state index contributed by atoms with van der Waals surface area (Å²) in [5, 5.41) is 14.1. The first-order chi connectivity index (χ1) is 10.6. The molecule has 0 aromatic carbocycles. The number of aliphatic hydroxyl groups is 1. The normalized spacial score (nSPS) is 18.5. The number of aromatic nitrogens is 2. The largest absolute Gasteiger partial charge is 0.396 e. The van der Waals surface area contributed by atoms with Crippen LogP contribution in [0, 0.1) is 12.8 Å². The molecule has 0 aliphatic carbocycles. The predicted octanol–water partition coefficient (Wildman–Crippen LogP) is 2.50. The summed E-state index contributed by atoms with van der Waals surface area (Å²) >= 11 is 6.35. The van der Waals surface area contributed by atoms with Gasteiger partial charge < -0.3 is 10.0 Å². The Bertz CT molecular complexity index is 554. The lowest BCUT2D eigenvalue weighted by Gasteiger charge is -2.13. The molecule has 2 heterocycles. The molecule has 122 valence electrons. The zero-order valence-electron chi connectivity index (χ0n) is 13.3. The maximum absolute atomic E-state index is 12.2. The molecule has 1 aliphatic rings.